The topological polar surface area (TPSA) is 84.9 Å². The summed E-state index contributed by atoms with van der Waals surface area (Å²) in [5, 5.41) is 12.5. The third kappa shape index (κ3) is 3.95. The quantitative estimate of drug-likeness (QED) is 0.726. The molecule has 2 atom stereocenters. The standard InChI is InChI=1S/C21H31NO5/c1-7-26-17-11-21(19(24)25,20(17,5)6)22-18(23)12-27-16-10-14(4)8-9-15(16)13(2)3/h8-10,13,17H,7,11-12H2,1-6H3,(H,22,23)(H,24,25). The summed E-state index contributed by atoms with van der Waals surface area (Å²) >= 11 is 0. The summed E-state index contributed by atoms with van der Waals surface area (Å²) in [4.78, 5) is 24.5. The van der Waals surface area contributed by atoms with Gasteiger partial charge in [-0.2, -0.15) is 0 Å². The number of aryl methyl sites for hydroxylation is 1. The first kappa shape index (κ1) is 21.2. The van der Waals surface area contributed by atoms with Crippen LogP contribution in [0, 0.1) is 12.3 Å². The van der Waals surface area contributed by atoms with E-state index in [-0.39, 0.29) is 25.0 Å². The second-order valence-corrected chi connectivity index (χ2v) is 8.11. The van der Waals surface area contributed by atoms with Crippen molar-refractivity contribution < 1.29 is 24.2 Å². The molecule has 1 fully saturated rings. The summed E-state index contributed by atoms with van der Waals surface area (Å²) < 4.78 is 11.4. The molecule has 1 aromatic carbocycles. The molecule has 1 saturated carbocycles. The van der Waals surface area contributed by atoms with Gasteiger partial charge < -0.3 is 19.9 Å². The summed E-state index contributed by atoms with van der Waals surface area (Å²) in [5.74, 6) is -0.581. The maximum absolute atomic E-state index is 12.5. The maximum Gasteiger partial charge on any atom is 0.330 e. The van der Waals surface area contributed by atoms with E-state index in [9.17, 15) is 14.7 Å². The predicted molar refractivity (Wildman–Crippen MR) is 103 cm³/mol. The molecule has 2 rings (SSSR count). The molecule has 27 heavy (non-hydrogen) atoms. The van der Waals surface area contributed by atoms with Crippen molar-refractivity contribution in [1.29, 1.82) is 0 Å². The number of aliphatic carboxylic acids is 1. The molecule has 0 heterocycles. The number of hydrogen-bond donors (Lipinski definition) is 2. The molecule has 0 aliphatic heterocycles. The van der Waals surface area contributed by atoms with Crippen molar-refractivity contribution in [2.45, 2.75) is 65.5 Å². The van der Waals surface area contributed by atoms with Gasteiger partial charge >= 0.3 is 5.97 Å². The second kappa shape index (κ2) is 7.89. The molecule has 2 unspecified atom stereocenters. The molecule has 1 aromatic rings. The molecule has 0 aromatic heterocycles. The van der Waals surface area contributed by atoms with E-state index in [4.69, 9.17) is 9.47 Å². The monoisotopic (exact) mass is 377 g/mol. The number of amides is 1. The minimum atomic E-state index is -1.35. The Balaban J connectivity index is 2.09. The maximum atomic E-state index is 12.5. The van der Waals surface area contributed by atoms with Gasteiger partial charge in [-0.05, 0) is 37.0 Å². The van der Waals surface area contributed by atoms with E-state index in [2.05, 4.69) is 19.2 Å². The number of rotatable bonds is 8. The molecule has 6 heteroatoms. The molecule has 150 valence electrons. The fourth-order valence-electron chi connectivity index (χ4n) is 3.70. The van der Waals surface area contributed by atoms with E-state index in [1.807, 2.05) is 45.9 Å². The van der Waals surface area contributed by atoms with Crippen LogP contribution in [0.5, 0.6) is 5.75 Å². The van der Waals surface area contributed by atoms with Crippen LogP contribution in [0.15, 0.2) is 18.2 Å². The van der Waals surface area contributed by atoms with Gasteiger partial charge in [0.25, 0.3) is 5.91 Å². The Morgan fingerprint density at radius 1 is 1.33 bits per heavy atom. The van der Waals surface area contributed by atoms with E-state index in [0.717, 1.165) is 11.1 Å². The van der Waals surface area contributed by atoms with Crippen molar-refractivity contribution in [2.24, 2.45) is 5.41 Å². The Bertz CT molecular complexity index is 713. The van der Waals surface area contributed by atoms with Crippen molar-refractivity contribution in [1.82, 2.24) is 5.32 Å². The van der Waals surface area contributed by atoms with E-state index in [1.54, 1.807) is 0 Å². The molecule has 1 aliphatic rings. The normalized spacial score (nSPS) is 23.6. The van der Waals surface area contributed by atoms with E-state index in [0.29, 0.717) is 12.4 Å². The highest BCUT2D eigenvalue weighted by atomic mass is 16.5. The summed E-state index contributed by atoms with van der Waals surface area (Å²) in [6.07, 6.45) is 0.0421. The summed E-state index contributed by atoms with van der Waals surface area (Å²) in [5.41, 5.74) is -0.00393. The highest BCUT2D eigenvalue weighted by Gasteiger charge is 2.66. The van der Waals surface area contributed by atoms with Gasteiger partial charge in [0, 0.05) is 18.4 Å². The number of hydrogen-bond acceptors (Lipinski definition) is 4. The lowest BCUT2D eigenvalue weighted by Crippen LogP contribution is -2.76. The van der Waals surface area contributed by atoms with Crippen LogP contribution in [0.1, 0.15) is 58.1 Å². The lowest BCUT2D eigenvalue weighted by molar-refractivity contribution is -0.194. The number of nitrogens with one attached hydrogen (secondary N) is 1. The molecule has 0 saturated heterocycles. The van der Waals surface area contributed by atoms with Gasteiger partial charge in [0.15, 0.2) is 6.61 Å². The van der Waals surface area contributed by atoms with Gasteiger partial charge in [0.2, 0.25) is 0 Å². The van der Waals surface area contributed by atoms with Gasteiger partial charge in [-0.25, -0.2) is 4.79 Å². The molecule has 1 aliphatic carbocycles. The molecular weight excluding hydrogens is 346 g/mol. The van der Waals surface area contributed by atoms with Crippen molar-refractivity contribution >= 4 is 11.9 Å². The van der Waals surface area contributed by atoms with Gasteiger partial charge in [0.05, 0.1) is 6.10 Å². The average Bonchev–Trinajstić information content (AvgIpc) is 2.58. The van der Waals surface area contributed by atoms with Gasteiger partial charge in [-0.1, -0.05) is 39.8 Å². The first-order chi connectivity index (χ1) is 12.5. The number of ether oxygens (including phenoxy) is 2. The van der Waals surface area contributed by atoms with Crippen LogP contribution in [0.2, 0.25) is 0 Å². The van der Waals surface area contributed by atoms with E-state index in [1.165, 1.54) is 0 Å². The predicted octanol–water partition coefficient (Wildman–Crippen LogP) is 3.27. The molecule has 2 N–H and O–H groups in total. The van der Waals surface area contributed by atoms with Crippen molar-refractivity contribution in [3.63, 3.8) is 0 Å². The highest BCUT2D eigenvalue weighted by molar-refractivity contribution is 5.90. The SMILES string of the molecule is CCOC1CC(NC(=O)COc2cc(C)ccc2C(C)C)(C(=O)O)C1(C)C. The number of carbonyl (C=O) groups is 2. The fourth-order valence-corrected chi connectivity index (χ4v) is 3.70. The Hall–Kier alpha value is -2.08. The average molecular weight is 377 g/mol. The molecule has 0 radical (unpaired) electrons. The zero-order valence-electron chi connectivity index (χ0n) is 17.1. The lowest BCUT2D eigenvalue weighted by atomic mass is 9.54. The lowest BCUT2D eigenvalue weighted by Gasteiger charge is -2.58. The smallest absolute Gasteiger partial charge is 0.330 e. The third-order valence-electron chi connectivity index (χ3n) is 5.63. The number of carbonyl (C=O) groups excluding carboxylic acids is 1. The zero-order chi connectivity index (χ0) is 20.4. The molecule has 6 nitrogen and oxygen atoms in total. The fraction of sp³-hybridized carbons (Fsp3) is 0.619. The van der Waals surface area contributed by atoms with E-state index >= 15 is 0 Å². The van der Waals surface area contributed by atoms with Crippen LogP contribution < -0.4 is 10.1 Å². The Kier molecular flexibility index (Phi) is 6.20. The van der Waals surface area contributed by atoms with Crippen LogP contribution in [-0.4, -0.2) is 41.8 Å². The number of carboxylic acid groups (broad SMARTS) is 1. The van der Waals surface area contributed by atoms with Gasteiger partial charge in [0.1, 0.15) is 11.3 Å². The minimum absolute atomic E-state index is 0.205. The number of benzene rings is 1. The van der Waals surface area contributed by atoms with Crippen molar-refractivity contribution in [3.05, 3.63) is 29.3 Å². The Morgan fingerprint density at radius 3 is 2.52 bits per heavy atom. The first-order valence-electron chi connectivity index (χ1n) is 9.44. The van der Waals surface area contributed by atoms with E-state index < -0.39 is 22.8 Å². The zero-order valence-corrected chi connectivity index (χ0v) is 17.1. The van der Waals surface area contributed by atoms with Crippen molar-refractivity contribution in [3.8, 4) is 5.75 Å². The van der Waals surface area contributed by atoms with Crippen molar-refractivity contribution in [2.75, 3.05) is 13.2 Å². The first-order valence-corrected chi connectivity index (χ1v) is 9.44. The summed E-state index contributed by atoms with van der Waals surface area (Å²) in [7, 11) is 0. The largest absolute Gasteiger partial charge is 0.483 e. The molecular formula is C21H31NO5. The Morgan fingerprint density at radius 2 is 2.00 bits per heavy atom. The Labute approximate surface area is 161 Å². The van der Waals surface area contributed by atoms with Crippen LogP contribution in [0.25, 0.3) is 0 Å². The van der Waals surface area contributed by atoms with Crippen LogP contribution in [0.4, 0.5) is 0 Å². The van der Waals surface area contributed by atoms with Crippen LogP contribution in [-0.2, 0) is 14.3 Å². The highest BCUT2D eigenvalue weighted by Crippen LogP contribution is 2.51. The summed E-state index contributed by atoms with van der Waals surface area (Å²) in [6.45, 7) is 11.8. The van der Waals surface area contributed by atoms with Crippen LogP contribution in [0.3, 0.4) is 0 Å². The minimum Gasteiger partial charge on any atom is -0.483 e. The number of carboxylic acids is 1. The molecule has 1 amide bonds. The van der Waals surface area contributed by atoms with Gasteiger partial charge in [-0.3, -0.25) is 4.79 Å². The van der Waals surface area contributed by atoms with Crippen LogP contribution >= 0.6 is 0 Å². The molecule has 0 spiro atoms. The second-order valence-electron chi connectivity index (χ2n) is 8.11. The summed E-state index contributed by atoms with van der Waals surface area (Å²) in [6, 6.07) is 5.90. The molecule has 0 bridgehead atoms. The third-order valence-corrected chi connectivity index (χ3v) is 5.63. The van der Waals surface area contributed by atoms with Gasteiger partial charge in [-0.15, -0.1) is 0 Å².